The van der Waals surface area contributed by atoms with Crippen LogP contribution in [0.3, 0.4) is 0 Å². The maximum Gasteiger partial charge on any atom is 0.237 e. The lowest BCUT2D eigenvalue weighted by molar-refractivity contribution is -0.123. The van der Waals surface area contributed by atoms with Crippen LogP contribution in [-0.4, -0.2) is 50.0 Å². The molecule has 2 aliphatic rings. The van der Waals surface area contributed by atoms with E-state index in [1.54, 1.807) is 7.11 Å². The van der Waals surface area contributed by atoms with Crippen LogP contribution in [0, 0.1) is 11.8 Å². The fraction of sp³-hybridized carbons (Fsp3) is 0.923. The van der Waals surface area contributed by atoms with Crippen molar-refractivity contribution in [3.63, 3.8) is 0 Å². The molecule has 0 aromatic heterocycles. The number of aliphatic hydroxyl groups is 1. The molecular formula is C13H24N2O3. The largest absolute Gasteiger partial charge is 0.396 e. The van der Waals surface area contributed by atoms with E-state index in [0.717, 1.165) is 25.8 Å². The summed E-state index contributed by atoms with van der Waals surface area (Å²) in [6, 6.07) is -0.121. The second kappa shape index (κ2) is 6.50. The monoisotopic (exact) mass is 256 g/mol. The van der Waals surface area contributed by atoms with Crippen LogP contribution in [0.5, 0.6) is 0 Å². The first kappa shape index (κ1) is 13.8. The van der Waals surface area contributed by atoms with Gasteiger partial charge in [-0.2, -0.15) is 0 Å². The number of amides is 1. The molecule has 4 atom stereocenters. The molecule has 1 saturated heterocycles. The number of nitrogens with one attached hydrogen (secondary N) is 2. The SMILES string of the molecule is COC1CNC(C(=O)NCC2CCCC2CO)C1. The molecule has 0 aromatic carbocycles. The van der Waals surface area contributed by atoms with Gasteiger partial charge < -0.3 is 20.5 Å². The van der Waals surface area contributed by atoms with E-state index in [2.05, 4.69) is 10.6 Å². The predicted octanol–water partition coefficient (Wildman–Crippen LogP) is -0.112. The molecule has 4 unspecified atom stereocenters. The van der Waals surface area contributed by atoms with Crippen LogP contribution >= 0.6 is 0 Å². The third-order valence-corrected chi connectivity index (χ3v) is 4.33. The number of rotatable bonds is 5. The number of carbonyl (C=O) groups excluding carboxylic acids is 1. The van der Waals surface area contributed by atoms with Crippen molar-refractivity contribution in [1.82, 2.24) is 10.6 Å². The van der Waals surface area contributed by atoms with Gasteiger partial charge in [-0.05, 0) is 31.1 Å². The Bertz CT molecular complexity index is 285. The smallest absolute Gasteiger partial charge is 0.237 e. The summed E-state index contributed by atoms with van der Waals surface area (Å²) in [5.74, 6) is 0.880. The normalized spacial score (nSPS) is 35.9. The van der Waals surface area contributed by atoms with E-state index >= 15 is 0 Å². The second-order valence-corrected chi connectivity index (χ2v) is 5.43. The van der Waals surface area contributed by atoms with Gasteiger partial charge in [-0.15, -0.1) is 0 Å². The van der Waals surface area contributed by atoms with Gasteiger partial charge in [0.25, 0.3) is 0 Å². The maximum absolute atomic E-state index is 12.0. The van der Waals surface area contributed by atoms with Crippen molar-refractivity contribution in [3.8, 4) is 0 Å². The van der Waals surface area contributed by atoms with Crippen LogP contribution in [0.4, 0.5) is 0 Å². The summed E-state index contributed by atoms with van der Waals surface area (Å²) in [5.41, 5.74) is 0. The van der Waals surface area contributed by atoms with Gasteiger partial charge in [-0.3, -0.25) is 4.79 Å². The third kappa shape index (κ3) is 3.22. The maximum atomic E-state index is 12.0. The van der Waals surface area contributed by atoms with Gasteiger partial charge in [0.2, 0.25) is 5.91 Å². The van der Waals surface area contributed by atoms with Crippen molar-refractivity contribution >= 4 is 5.91 Å². The first-order chi connectivity index (χ1) is 8.74. The van der Waals surface area contributed by atoms with E-state index in [-0.39, 0.29) is 24.7 Å². The van der Waals surface area contributed by atoms with Crippen molar-refractivity contribution < 1.29 is 14.6 Å². The summed E-state index contributed by atoms with van der Waals surface area (Å²) in [6.07, 6.45) is 4.27. The minimum atomic E-state index is -0.121. The van der Waals surface area contributed by atoms with Gasteiger partial charge in [0, 0.05) is 26.8 Å². The summed E-state index contributed by atoms with van der Waals surface area (Å²) in [5, 5.41) is 15.4. The Morgan fingerprint density at radius 3 is 2.89 bits per heavy atom. The summed E-state index contributed by atoms with van der Waals surface area (Å²) >= 11 is 0. The van der Waals surface area contributed by atoms with Gasteiger partial charge in [-0.1, -0.05) is 6.42 Å². The highest BCUT2D eigenvalue weighted by atomic mass is 16.5. The van der Waals surface area contributed by atoms with Gasteiger partial charge in [0.15, 0.2) is 0 Å². The molecule has 3 N–H and O–H groups in total. The van der Waals surface area contributed by atoms with E-state index in [1.807, 2.05) is 0 Å². The minimum absolute atomic E-state index is 0.0677. The van der Waals surface area contributed by atoms with Crippen molar-refractivity contribution in [2.75, 3.05) is 26.8 Å². The first-order valence-electron chi connectivity index (χ1n) is 6.89. The highest BCUT2D eigenvalue weighted by Crippen LogP contribution is 2.30. The molecule has 0 bridgehead atoms. The molecule has 5 nitrogen and oxygen atoms in total. The fourth-order valence-corrected chi connectivity index (χ4v) is 3.06. The Morgan fingerprint density at radius 1 is 1.44 bits per heavy atom. The van der Waals surface area contributed by atoms with Gasteiger partial charge in [0.05, 0.1) is 12.1 Å². The molecule has 1 saturated carbocycles. The van der Waals surface area contributed by atoms with Gasteiger partial charge >= 0.3 is 0 Å². The molecule has 0 spiro atoms. The number of hydrogen-bond donors (Lipinski definition) is 3. The van der Waals surface area contributed by atoms with Crippen LogP contribution in [0.2, 0.25) is 0 Å². The topological polar surface area (TPSA) is 70.6 Å². The lowest BCUT2D eigenvalue weighted by Gasteiger charge is -2.19. The van der Waals surface area contributed by atoms with E-state index in [0.29, 0.717) is 18.4 Å². The van der Waals surface area contributed by atoms with E-state index in [1.165, 1.54) is 6.42 Å². The Labute approximate surface area is 108 Å². The molecule has 2 fully saturated rings. The molecular weight excluding hydrogens is 232 g/mol. The standard InChI is InChI=1S/C13H24N2O3/c1-18-11-5-12(14-7-11)13(17)15-6-9-3-2-4-10(9)8-16/h9-12,14,16H,2-8H2,1H3,(H,15,17). The summed E-state index contributed by atoms with van der Waals surface area (Å²) in [6.45, 7) is 1.69. The highest BCUT2D eigenvalue weighted by molar-refractivity contribution is 5.82. The average molecular weight is 256 g/mol. The lowest BCUT2D eigenvalue weighted by Crippen LogP contribution is -2.42. The highest BCUT2D eigenvalue weighted by Gasteiger charge is 2.31. The Morgan fingerprint density at radius 2 is 2.22 bits per heavy atom. The van der Waals surface area contributed by atoms with Gasteiger partial charge in [-0.25, -0.2) is 0 Å². The quantitative estimate of drug-likeness (QED) is 0.642. The third-order valence-electron chi connectivity index (χ3n) is 4.33. The molecule has 104 valence electrons. The Balaban J connectivity index is 1.72. The van der Waals surface area contributed by atoms with Crippen molar-refractivity contribution in [2.24, 2.45) is 11.8 Å². The molecule has 18 heavy (non-hydrogen) atoms. The lowest BCUT2D eigenvalue weighted by atomic mass is 9.97. The number of methoxy groups -OCH3 is 1. The van der Waals surface area contributed by atoms with Crippen molar-refractivity contribution in [2.45, 2.75) is 37.8 Å². The molecule has 2 rings (SSSR count). The number of aliphatic hydroxyl groups excluding tert-OH is 1. The molecule has 1 heterocycles. The van der Waals surface area contributed by atoms with Crippen LogP contribution in [0.1, 0.15) is 25.7 Å². The van der Waals surface area contributed by atoms with Gasteiger partial charge in [0.1, 0.15) is 0 Å². The summed E-state index contributed by atoms with van der Waals surface area (Å²) in [4.78, 5) is 12.0. The predicted molar refractivity (Wildman–Crippen MR) is 68.1 cm³/mol. The number of hydrogen-bond acceptors (Lipinski definition) is 4. The zero-order valence-electron chi connectivity index (χ0n) is 11.0. The molecule has 5 heteroatoms. The minimum Gasteiger partial charge on any atom is -0.396 e. The van der Waals surface area contributed by atoms with Crippen LogP contribution < -0.4 is 10.6 Å². The zero-order valence-corrected chi connectivity index (χ0v) is 11.0. The van der Waals surface area contributed by atoms with Crippen LogP contribution in [-0.2, 0) is 9.53 Å². The molecule has 1 aliphatic carbocycles. The van der Waals surface area contributed by atoms with Crippen LogP contribution in [0.15, 0.2) is 0 Å². The number of carbonyl (C=O) groups is 1. The summed E-state index contributed by atoms with van der Waals surface area (Å²) in [7, 11) is 1.68. The zero-order chi connectivity index (χ0) is 13.0. The van der Waals surface area contributed by atoms with E-state index in [9.17, 15) is 9.90 Å². The van der Waals surface area contributed by atoms with E-state index in [4.69, 9.17) is 4.74 Å². The average Bonchev–Trinajstić information content (AvgIpc) is 3.04. The molecule has 1 amide bonds. The second-order valence-electron chi connectivity index (χ2n) is 5.43. The Hall–Kier alpha value is -0.650. The molecule has 0 aromatic rings. The first-order valence-corrected chi connectivity index (χ1v) is 6.89. The fourth-order valence-electron chi connectivity index (χ4n) is 3.06. The number of ether oxygens (including phenoxy) is 1. The van der Waals surface area contributed by atoms with Crippen LogP contribution in [0.25, 0.3) is 0 Å². The molecule has 1 aliphatic heterocycles. The molecule has 0 radical (unpaired) electrons. The van der Waals surface area contributed by atoms with Crippen molar-refractivity contribution in [3.05, 3.63) is 0 Å². The Kier molecular flexibility index (Phi) is 4.97. The van der Waals surface area contributed by atoms with E-state index < -0.39 is 0 Å². The summed E-state index contributed by atoms with van der Waals surface area (Å²) < 4.78 is 5.23. The van der Waals surface area contributed by atoms with Crippen molar-refractivity contribution in [1.29, 1.82) is 0 Å².